The topological polar surface area (TPSA) is 187 Å². The van der Waals surface area contributed by atoms with Crippen molar-refractivity contribution in [3.8, 4) is 0 Å². The molecule has 6 atom stereocenters. The molecular formula is C29H23BrN4O10. The number of esters is 1. The van der Waals surface area contributed by atoms with Crippen molar-refractivity contribution in [1.82, 2.24) is 0 Å². The summed E-state index contributed by atoms with van der Waals surface area (Å²) in [5.74, 6) is -8.71. The van der Waals surface area contributed by atoms with Crippen LogP contribution < -0.4 is 9.80 Å². The fourth-order valence-corrected chi connectivity index (χ4v) is 8.80. The van der Waals surface area contributed by atoms with E-state index < -0.39 is 72.9 Å². The summed E-state index contributed by atoms with van der Waals surface area (Å²) in [6.07, 6.45) is 0. The summed E-state index contributed by atoms with van der Waals surface area (Å²) < 4.78 is 3.69. The number of alkyl halides is 1. The predicted molar refractivity (Wildman–Crippen MR) is 154 cm³/mol. The van der Waals surface area contributed by atoms with E-state index in [0.717, 1.165) is 34.1 Å². The van der Waals surface area contributed by atoms with E-state index in [4.69, 9.17) is 4.74 Å². The number of hydrogen-bond donors (Lipinski definition) is 0. The summed E-state index contributed by atoms with van der Waals surface area (Å²) in [7, 11) is 0. The van der Waals surface area contributed by atoms with Crippen molar-refractivity contribution >= 4 is 68.3 Å². The zero-order chi connectivity index (χ0) is 32.0. The Bertz CT molecular complexity index is 1650. The number of non-ortho nitro benzene ring substituents is 2. The predicted octanol–water partition coefficient (Wildman–Crippen LogP) is 3.46. The Kier molecular flexibility index (Phi) is 6.39. The van der Waals surface area contributed by atoms with Crippen molar-refractivity contribution in [1.29, 1.82) is 0 Å². The van der Waals surface area contributed by atoms with Gasteiger partial charge in [0.25, 0.3) is 11.4 Å². The molecule has 3 fully saturated rings. The van der Waals surface area contributed by atoms with Crippen LogP contribution in [0, 0.1) is 49.3 Å². The van der Waals surface area contributed by atoms with Crippen molar-refractivity contribution in [3.05, 3.63) is 79.9 Å². The number of amides is 4. The van der Waals surface area contributed by atoms with Gasteiger partial charge in [-0.25, -0.2) is 14.6 Å². The third-order valence-electron chi connectivity index (χ3n) is 9.42. The molecule has 1 saturated carbocycles. The smallest absolute Gasteiger partial charge is 0.334 e. The lowest BCUT2D eigenvalue weighted by Crippen LogP contribution is -2.67. The van der Waals surface area contributed by atoms with Gasteiger partial charge in [0, 0.05) is 35.3 Å². The lowest BCUT2D eigenvalue weighted by atomic mass is 9.43. The highest BCUT2D eigenvalue weighted by atomic mass is 79.9. The molecule has 226 valence electrons. The summed E-state index contributed by atoms with van der Waals surface area (Å²) in [6, 6.07) is 9.63. The molecule has 0 radical (unpaired) electrons. The van der Waals surface area contributed by atoms with E-state index >= 15 is 0 Å². The summed E-state index contributed by atoms with van der Waals surface area (Å²) in [4.78, 5) is 93.4. The Balaban J connectivity index is 1.54. The minimum atomic E-state index is -1.69. The fourth-order valence-electron chi connectivity index (χ4n) is 7.69. The van der Waals surface area contributed by atoms with Crippen LogP contribution in [-0.2, 0) is 28.7 Å². The van der Waals surface area contributed by atoms with Gasteiger partial charge in [-0.1, -0.05) is 22.9 Å². The third kappa shape index (κ3) is 3.49. The second-order valence-corrected chi connectivity index (χ2v) is 12.6. The van der Waals surface area contributed by atoms with Crippen molar-refractivity contribution in [3.63, 3.8) is 0 Å². The molecule has 0 aromatic heterocycles. The molecule has 14 nitrogen and oxygen atoms in total. The molecule has 7 rings (SSSR count). The molecule has 15 heteroatoms. The standard InChI is InChI=1S/C29H23BrN4O10/c1-4-44-27(39)18-13(2)29(30)21-19(23(35)31(25(21)37)14-5-9-16(10-6-14)33(40)41)28(18,3)20-22(29)26(38)32(24(20)36)15-7-11-17(12-8-15)34(42)43/h5-12,19-22H,4H2,1-3H3/t19-,20+,21-,22-,28?,29?/m0/s1. The number of carbonyl (C=O) groups excluding carboxylic acids is 5. The largest absolute Gasteiger partial charge is 0.463 e. The number of benzene rings is 2. The molecule has 2 aliphatic heterocycles. The monoisotopic (exact) mass is 666 g/mol. The van der Waals surface area contributed by atoms with Gasteiger partial charge in [0.05, 0.1) is 55.8 Å². The number of nitro groups is 2. The Hall–Kier alpha value is -4.79. The number of halogens is 1. The molecule has 3 aliphatic carbocycles. The van der Waals surface area contributed by atoms with E-state index in [1.807, 2.05) is 0 Å². The van der Waals surface area contributed by atoms with Gasteiger partial charge in [-0.3, -0.25) is 39.4 Å². The van der Waals surface area contributed by atoms with Crippen molar-refractivity contribution in [2.24, 2.45) is 29.1 Å². The van der Waals surface area contributed by atoms with E-state index in [1.165, 1.54) is 31.2 Å². The van der Waals surface area contributed by atoms with Crippen molar-refractivity contribution < 1.29 is 38.6 Å². The quantitative estimate of drug-likeness (QED) is 0.145. The zero-order valence-corrected chi connectivity index (χ0v) is 25.0. The molecule has 44 heavy (non-hydrogen) atoms. The van der Waals surface area contributed by atoms with Crippen LogP contribution in [0.3, 0.4) is 0 Å². The SMILES string of the molecule is CCOC(=O)C1=C(C)C2(Br)[C@@H]3C(=O)N(c4ccc([N+](=O)[O-])cc4)C(=O)[C@H]3C1(C)[C@H]1C(=O)N(c3ccc([N+](=O)[O-])cc3)C(=O)[C@H]12. The molecule has 4 amide bonds. The van der Waals surface area contributed by atoms with Crippen LogP contribution >= 0.6 is 15.9 Å². The molecule has 0 N–H and O–H groups in total. The number of anilines is 2. The minimum absolute atomic E-state index is 0.0112. The van der Waals surface area contributed by atoms with Gasteiger partial charge in [0.2, 0.25) is 23.6 Å². The van der Waals surface area contributed by atoms with Gasteiger partial charge in [-0.05, 0) is 43.7 Å². The maximum absolute atomic E-state index is 14.3. The first-order valence-corrected chi connectivity index (χ1v) is 14.3. The number of nitrogens with zero attached hydrogens (tertiary/aromatic N) is 4. The van der Waals surface area contributed by atoms with E-state index in [2.05, 4.69) is 15.9 Å². The van der Waals surface area contributed by atoms with Crippen LogP contribution in [0.4, 0.5) is 22.7 Å². The highest BCUT2D eigenvalue weighted by Crippen LogP contribution is 2.72. The second-order valence-electron chi connectivity index (χ2n) is 11.3. The van der Waals surface area contributed by atoms with E-state index in [-0.39, 0.29) is 40.5 Å². The van der Waals surface area contributed by atoms with Crippen LogP contribution in [0.5, 0.6) is 0 Å². The molecule has 2 heterocycles. The van der Waals surface area contributed by atoms with Gasteiger partial charge in [0.15, 0.2) is 0 Å². The van der Waals surface area contributed by atoms with Crippen LogP contribution in [0.2, 0.25) is 0 Å². The molecular weight excluding hydrogens is 644 g/mol. The average molecular weight is 667 g/mol. The highest BCUT2D eigenvalue weighted by Gasteiger charge is 2.81. The second kappa shape index (κ2) is 9.61. The minimum Gasteiger partial charge on any atom is -0.463 e. The Morgan fingerprint density at radius 2 is 1.16 bits per heavy atom. The number of ether oxygens (including phenoxy) is 1. The zero-order valence-electron chi connectivity index (χ0n) is 23.4. The Morgan fingerprint density at radius 3 is 1.50 bits per heavy atom. The molecule has 5 aliphatic rings. The van der Waals surface area contributed by atoms with E-state index in [0.29, 0.717) is 0 Å². The molecule has 2 unspecified atom stereocenters. The van der Waals surface area contributed by atoms with Crippen LogP contribution in [0.15, 0.2) is 59.7 Å². The number of hydrogen-bond acceptors (Lipinski definition) is 10. The van der Waals surface area contributed by atoms with Gasteiger partial charge in [-0.2, -0.15) is 0 Å². The number of rotatable bonds is 6. The average Bonchev–Trinajstić information content (AvgIpc) is 3.42. The maximum atomic E-state index is 14.3. The fraction of sp³-hybridized carbons (Fsp3) is 0.345. The molecule has 2 aromatic rings. The van der Waals surface area contributed by atoms with Gasteiger partial charge >= 0.3 is 5.97 Å². The molecule has 2 aromatic carbocycles. The van der Waals surface area contributed by atoms with Crippen LogP contribution in [-0.4, -0.2) is 50.4 Å². The maximum Gasteiger partial charge on any atom is 0.334 e. The molecule has 2 bridgehead atoms. The van der Waals surface area contributed by atoms with Crippen molar-refractivity contribution in [2.75, 3.05) is 16.4 Å². The number of allylic oxidation sites excluding steroid dienone is 1. The van der Waals surface area contributed by atoms with Gasteiger partial charge in [0.1, 0.15) is 0 Å². The first-order chi connectivity index (χ1) is 20.7. The van der Waals surface area contributed by atoms with Crippen molar-refractivity contribution in [2.45, 2.75) is 25.1 Å². The van der Waals surface area contributed by atoms with E-state index in [1.54, 1.807) is 13.8 Å². The highest BCUT2D eigenvalue weighted by molar-refractivity contribution is 9.10. The van der Waals surface area contributed by atoms with Crippen LogP contribution in [0.25, 0.3) is 0 Å². The summed E-state index contributed by atoms with van der Waals surface area (Å²) >= 11 is 3.65. The van der Waals surface area contributed by atoms with Crippen LogP contribution in [0.1, 0.15) is 20.8 Å². The first-order valence-electron chi connectivity index (χ1n) is 13.5. The van der Waals surface area contributed by atoms with Gasteiger partial charge in [-0.15, -0.1) is 0 Å². The molecule has 0 spiro atoms. The first kappa shape index (κ1) is 29.3. The Labute approximate surface area is 257 Å². The summed E-state index contributed by atoms with van der Waals surface area (Å²) in [5, 5.41) is 22.4. The number of imide groups is 2. The van der Waals surface area contributed by atoms with E-state index in [9.17, 15) is 44.2 Å². The van der Waals surface area contributed by atoms with Gasteiger partial charge < -0.3 is 4.74 Å². The summed E-state index contributed by atoms with van der Waals surface area (Å²) in [5.41, 5.74) is -1.79. The molecule has 2 saturated heterocycles. The summed E-state index contributed by atoms with van der Waals surface area (Å²) in [6.45, 7) is 4.64. The lowest BCUT2D eigenvalue weighted by molar-refractivity contribution is -0.385. The lowest BCUT2D eigenvalue weighted by Gasteiger charge is -2.59. The number of carbonyl (C=O) groups is 5. The Morgan fingerprint density at radius 1 is 0.795 bits per heavy atom. The normalized spacial score (nSPS) is 30.5. The number of nitro benzene ring substituents is 2. The third-order valence-corrected chi connectivity index (χ3v) is 11.0.